The number of rotatable bonds is 2. The van der Waals surface area contributed by atoms with Crippen molar-refractivity contribution < 1.29 is 4.21 Å². The Balaban J connectivity index is 2.19. The average Bonchev–Trinajstić information content (AvgIpc) is 2.61. The standard InChI is InChI=1S/C11H16N2OS/c1-3-12-8-9-13(15(12)14)11-6-4-10(2)5-7-11/h4-7H,3,8-9H2,1-2H3. The molecule has 1 heterocycles. The van der Waals surface area contributed by atoms with E-state index in [-0.39, 0.29) is 0 Å². The van der Waals surface area contributed by atoms with Gasteiger partial charge in [0.1, 0.15) is 0 Å². The van der Waals surface area contributed by atoms with Crippen molar-refractivity contribution in [3.8, 4) is 0 Å². The summed E-state index contributed by atoms with van der Waals surface area (Å²) in [6.07, 6.45) is 0. The van der Waals surface area contributed by atoms with Crippen molar-refractivity contribution in [2.24, 2.45) is 0 Å². The second kappa shape index (κ2) is 4.33. The number of hydrogen-bond donors (Lipinski definition) is 0. The van der Waals surface area contributed by atoms with Gasteiger partial charge in [0.2, 0.25) is 0 Å². The Labute approximate surface area is 93.4 Å². The van der Waals surface area contributed by atoms with E-state index in [9.17, 15) is 4.21 Å². The van der Waals surface area contributed by atoms with Gasteiger partial charge >= 0.3 is 0 Å². The SMILES string of the molecule is CCN1CCN(c2ccc(C)cc2)S1=O. The summed E-state index contributed by atoms with van der Waals surface area (Å²) in [6.45, 7) is 6.68. The first-order valence-electron chi connectivity index (χ1n) is 5.23. The molecule has 0 radical (unpaired) electrons. The third-order valence-corrected chi connectivity index (χ3v) is 4.29. The summed E-state index contributed by atoms with van der Waals surface area (Å²) in [5.41, 5.74) is 2.28. The monoisotopic (exact) mass is 224 g/mol. The number of aryl methyl sites for hydroxylation is 1. The smallest absolute Gasteiger partial charge is 0.199 e. The predicted octanol–water partition coefficient (Wildman–Crippen LogP) is 1.72. The summed E-state index contributed by atoms with van der Waals surface area (Å²) in [6, 6.07) is 8.18. The Kier molecular flexibility index (Phi) is 3.07. The zero-order valence-corrected chi connectivity index (χ0v) is 9.96. The van der Waals surface area contributed by atoms with E-state index in [0.29, 0.717) is 0 Å². The van der Waals surface area contributed by atoms with Crippen LogP contribution in [0.25, 0.3) is 0 Å². The van der Waals surface area contributed by atoms with E-state index in [0.717, 1.165) is 25.3 Å². The third-order valence-electron chi connectivity index (χ3n) is 2.64. The largest absolute Gasteiger partial charge is 0.278 e. The minimum Gasteiger partial charge on any atom is -0.278 e. The van der Waals surface area contributed by atoms with Crippen LogP contribution in [0.3, 0.4) is 0 Å². The van der Waals surface area contributed by atoms with Crippen LogP contribution in [-0.2, 0) is 11.2 Å². The fourth-order valence-corrected chi connectivity index (χ4v) is 2.97. The molecule has 4 heteroatoms. The molecular formula is C11H16N2OS. The molecule has 0 saturated carbocycles. The van der Waals surface area contributed by atoms with Gasteiger partial charge < -0.3 is 0 Å². The number of likely N-dealkylation sites (N-methyl/N-ethyl adjacent to an activating group) is 1. The topological polar surface area (TPSA) is 23.6 Å². The number of hydrogen-bond acceptors (Lipinski definition) is 1. The Morgan fingerprint density at radius 2 is 1.93 bits per heavy atom. The molecule has 0 spiro atoms. The molecule has 0 amide bonds. The van der Waals surface area contributed by atoms with E-state index < -0.39 is 11.2 Å². The molecule has 1 aromatic rings. The van der Waals surface area contributed by atoms with Crippen molar-refractivity contribution in [2.45, 2.75) is 13.8 Å². The van der Waals surface area contributed by atoms with E-state index in [4.69, 9.17) is 0 Å². The minimum atomic E-state index is -0.989. The number of benzene rings is 1. The zero-order valence-electron chi connectivity index (χ0n) is 9.14. The lowest BCUT2D eigenvalue weighted by Crippen LogP contribution is -2.26. The Bertz CT molecular complexity index is 363. The van der Waals surface area contributed by atoms with Crippen LogP contribution in [0.2, 0.25) is 0 Å². The molecule has 1 unspecified atom stereocenters. The lowest BCUT2D eigenvalue weighted by molar-refractivity contribution is 0.509. The lowest BCUT2D eigenvalue weighted by atomic mass is 10.2. The van der Waals surface area contributed by atoms with Crippen LogP contribution in [0.4, 0.5) is 5.69 Å². The van der Waals surface area contributed by atoms with Gasteiger partial charge in [-0.2, -0.15) is 0 Å². The molecule has 15 heavy (non-hydrogen) atoms. The van der Waals surface area contributed by atoms with Gasteiger partial charge in [0, 0.05) is 19.6 Å². The molecule has 0 N–H and O–H groups in total. The molecule has 82 valence electrons. The van der Waals surface area contributed by atoms with Gasteiger partial charge in [0.15, 0.2) is 11.2 Å². The highest BCUT2D eigenvalue weighted by molar-refractivity contribution is 7.84. The van der Waals surface area contributed by atoms with Gasteiger partial charge in [-0.15, -0.1) is 0 Å². The van der Waals surface area contributed by atoms with Crippen molar-refractivity contribution in [3.63, 3.8) is 0 Å². The molecular weight excluding hydrogens is 208 g/mol. The van der Waals surface area contributed by atoms with Crippen LogP contribution in [0, 0.1) is 6.92 Å². The summed E-state index contributed by atoms with van der Waals surface area (Å²) in [5.74, 6) is 0. The Hall–Kier alpha value is -0.870. The van der Waals surface area contributed by atoms with Crippen molar-refractivity contribution in [1.82, 2.24) is 4.31 Å². The van der Waals surface area contributed by atoms with Gasteiger partial charge in [-0.3, -0.25) is 4.31 Å². The van der Waals surface area contributed by atoms with Gasteiger partial charge in [0.25, 0.3) is 0 Å². The minimum absolute atomic E-state index is 0.842. The first kappa shape index (κ1) is 10.6. The maximum atomic E-state index is 12.0. The van der Waals surface area contributed by atoms with Crippen LogP contribution >= 0.6 is 0 Å². The number of nitrogens with zero attached hydrogens (tertiary/aromatic N) is 2. The summed E-state index contributed by atoms with van der Waals surface area (Å²) in [7, 11) is 0. The predicted molar refractivity (Wildman–Crippen MR) is 63.9 cm³/mol. The van der Waals surface area contributed by atoms with E-state index in [2.05, 4.69) is 19.1 Å². The van der Waals surface area contributed by atoms with Crippen molar-refractivity contribution >= 4 is 16.9 Å². The third kappa shape index (κ3) is 2.06. The Morgan fingerprint density at radius 1 is 1.27 bits per heavy atom. The highest BCUT2D eigenvalue weighted by Gasteiger charge is 2.27. The van der Waals surface area contributed by atoms with E-state index in [1.165, 1.54) is 5.56 Å². The second-order valence-corrected chi connectivity index (χ2v) is 5.11. The fourth-order valence-electron chi connectivity index (χ4n) is 1.70. The van der Waals surface area contributed by atoms with Crippen LogP contribution in [-0.4, -0.2) is 28.1 Å². The molecule has 3 nitrogen and oxygen atoms in total. The van der Waals surface area contributed by atoms with Crippen LogP contribution in [0.5, 0.6) is 0 Å². The van der Waals surface area contributed by atoms with Crippen molar-refractivity contribution in [1.29, 1.82) is 0 Å². The average molecular weight is 224 g/mol. The van der Waals surface area contributed by atoms with Gasteiger partial charge in [-0.25, -0.2) is 8.51 Å². The molecule has 2 rings (SSSR count). The molecule has 1 aliphatic rings. The first-order valence-corrected chi connectivity index (χ1v) is 6.30. The summed E-state index contributed by atoms with van der Waals surface area (Å²) >= 11 is -0.989. The molecule has 1 aliphatic heterocycles. The quantitative estimate of drug-likeness (QED) is 0.750. The molecule has 1 fully saturated rings. The maximum absolute atomic E-state index is 12.0. The van der Waals surface area contributed by atoms with Crippen molar-refractivity contribution in [3.05, 3.63) is 29.8 Å². The fraction of sp³-hybridized carbons (Fsp3) is 0.455. The molecule has 1 saturated heterocycles. The highest BCUT2D eigenvalue weighted by atomic mass is 32.2. The van der Waals surface area contributed by atoms with Gasteiger partial charge in [0.05, 0.1) is 5.69 Å². The first-order chi connectivity index (χ1) is 7.22. The summed E-state index contributed by atoms with van der Waals surface area (Å²) < 4.78 is 15.9. The zero-order chi connectivity index (χ0) is 10.8. The summed E-state index contributed by atoms with van der Waals surface area (Å²) in [5, 5.41) is 0. The molecule has 1 aromatic carbocycles. The van der Waals surface area contributed by atoms with E-state index >= 15 is 0 Å². The molecule has 1 atom stereocenters. The lowest BCUT2D eigenvalue weighted by Gasteiger charge is -2.17. The summed E-state index contributed by atoms with van der Waals surface area (Å²) in [4.78, 5) is 0. The van der Waals surface area contributed by atoms with E-state index in [1.54, 1.807) is 0 Å². The molecule has 0 aromatic heterocycles. The van der Waals surface area contributed by atoms with Crippen LogP contribution in [0.1, 0.15) is 12.5 Å². The van der Waals surface area contributed by atoms with Crippen molar-refractivity contribution in [2.75, 3.05) is 23.9 Å². The maximum Gasteiger partial charge on any atom is 0.199 e. The van der Waals surface area contributed by atoms with Gasteiger partial charge in [-0.05, 0) is 19.1 Å². The molecule has 0 aliphatic carbocycles. The highest BCUT2D eigenvalue weighted by Crippen LogP contribution is 2.22. The number of anilines is 1. The van der Waals surface area contributed by atoms with E-state index in [1.807, 2.05) is 27.7 Å². The van der Waals surface area contributed by atoms with Crippen LogP contribution in [0.15, 0.2) is 24.3 Å². The van der Waals surface area contributed by atoms with Crippen LogP contribution < -0.4 is 4.31 Å². The second-order valence-electron chi connectivity index (χ2n) is 3.69. The molecule has 0 bridgehead atoms. The van der Waals surface area contributed by atoms with Gasteiger partial charge in [-0.1, -0.05) is 24.6 Å². The normalized spacial score (nSPS) is 22.3. The Morgan fingerprint density at radius 3 is 2.47 bits per heavy atom.